The molecule has 21 heavy (non-hydrogen) atoms. The van der Waals surface area contributed by atoms with Gasteiger partial charge in [-0.05, 0) is 43.4 Å². The molecule has 0 aliphatic carbocycles. The average Bonchev–Trinajstić information content (AvgIpc) is 2.50. The van der Waals surface area contributed by atoms with Crippen LogP contribution in [0.25, 0.3) is 0 Å². The van der Waals surface area contributed by atoms with E-state index in [4.69, 9.17) is 0 Å². The molecule has 1 aliphatic rings. The van der Waals surface area contributed by atoms with E-state index in [-0.39, 0.29) is 0 Å². The van der Waals surface area contributed by atoms with Crippen LogP contribution in [0.1, 0.15) is 25.3 Å². The predicted octanol–water partition coefficient (Wildman–Crippen LogP) is 3.76. The Bertz CT molecular complexity index is 611. The van der Waals surface area contributed by atoms with Crippen LogP contribution in [0.4, 0.5) is 17.5 Å². The molecule has 1 atom stereocenters. The summed E-state index contributed by atoms with van der Waals surface area (Å²) in [4.78, 5) is 11.4. The maximum absolute atomic E-state index is 4.67. The first-order chi connectivity index (χ1) is 10.2. The van der Waals surface area contributed by atoms with Crippen molar-refractivity contribution in [2.45, 2.75) is 26.7 Å². The Hall–Kier alpha value is -2.10. The monoisotopic (exact) mass is 282 g/mol. The van der Waals surface area contributed by atoms with E-state index in [2.05, 4.69) is 40.1 Å². The number of nitrogens with zero attached hydrogens (tertiary/aromatic N) is 3. The van der Waals surface area contributed by atoms with Gasteiger partial charge in [-0.1, -0.05) is 25.1 Å². The van der Waals surface area contributed by atoms with Gasteiger partial charge in [0, 0.05) is 25.0 Å². The fourth-order valence-electron chi connectivity index (χ4n) is 2.82. The SMILES string of the molecule is Cc1ccccc1Nc1nccc(N2CCCC(C)C2)n1. The lowest BCUT2D eigenvalue weighted by Crippen LogP contribution is -2.34. The molecule has 1 aromatic carbocycles. The zero-order valence-electron chi connectivity index (χ0n) is 12.7. The summed E-state index contributed by atoms with van der Waals surface area (Å²) in [6, 6.07) is 10.2. The van der Waals surface area contributed by atoms with Crippen molar-refractivity contribution >= 4 is 17.5 Å². The summed E-state index contributed by atoms with van der Waals surface area (Å²) < 4.78 is 0. The minimum atomic E-state index is 0.667. The van der Waals surface area contributed by atoms with E-state index < -0.39 is 0 Å². The molecule has 2 heterocycles. The van der Waals surface area contributed by atoms with Gasteiger partial charge in [-0.3, -0.25) is 0 Å². The molecule has 2 aromatic rings. The van der Waals surface area contributed by atoms with E-state index in [9.17, 15) is 0 Å². The number of piperidine rings is 1. The molecule has 1 unspecified atom stereocenters. The van der Waals surface area contributed by atoms with E-state index in [0.29, 0.717) is 5.95 Å². The summed E-state index contributed by atoms with van der Waals surface area (Å²) in [5, 5.41) is 3.31. The fraction of sp³-hybridized carbons (Fsp3) is 0.412. The highest BCUT2D eigenvalue weighted by molar-refractivity contribution is 5.59. The van der Waals surface area contributed by atoms with Crippen molar-refractivity contribution in [3.8, 4) is 0 Å². The molecule has 1 aromatic heterocycles. The highest BCUT2D eigenvalue weighted by Crippen LogP contribution is 2.23. The van der Waals surface area contributed by atoms with Gasteiger partial charge in [-0.2, -0.15) is 4.98 Å². The Morgan fingerprint density at radius 2 is 2.10 bits per heavy atom. The fourth-order valence-corrected chi connectivity index (χ4v) is 2.82. The molecule has 4 heteroatoms. The van der Waals surface area contributed by atoms with Gasteiger partial charge in [0.2, 0.25) is 5.95 Å². The first kappa shape index (κ1) is 13.9. The van der Waals surface area contributed by atoms with Crippen LogP contribution in [-0.4, -0.2) is 23.1 Å². The smallest absolute Gasteiger partial charge is 0.229 e. The molecular weight excluding hydrogens is 260 g/mol. The number of anilines is 3. The summed E-state index contributed by atoms with van der Waals surface area (Å²) in [7, 11) is 0. The van der Waals surface area contributed by atoms with E-state index in [0.717, 1.165) is 30.5 Å². The molecule has 1 aliphatic heterocycles. The van der Waals surface area contributed by atoms with Crippen LogP contribution in [0.2, 0.25) is 0 Å². The lowest BCUT2D eigenvalue weighted by Gasteiger charge is -2.31. The maximum Gasteiger partial charge on any atom is 0.229 e. The Kier molecular flexibility index (Phi) is 4.04. The van der Waals surface area contributed by atoms with Crippen LogP contribution in [0.3, 0.4) is 0 Å². The Balaban J connectivity index is 1.78. The first-order valence-electron chi connectivity index (χ1n) is 7.63. The second-order valence-corrected chi connectivity index (χ2v) is 5.87. The molecule has 0 radical (unpaired) electrons. The number of rotatable bonds is 3. The molecule has 1 saturated heterocycles. The van der Waals surface area contributed by atoms with Crippen molar-refractivity contribution in [3.63, 3.8) is 0 Å². The topological polar surface area (TPSA) is 41.1 Å². The third-order valence-corrected chi connectivity index (χ3v) is 4.01. The second kappa shape index (κ2) is 6.12. The van der Waals surface area contributed by atoms with E-state index in [1.807, 2.05) is 30.5 Å². The van der Waals surface area contributed by atoms with E-state index in [1.54, 1.807) is 0 Å². The number of hydrogen-bond acceptors (Lipinski definition) is 4. The van der Waals surface area contributed by atoms with Gasteiger partial charge in [0.15, 0.2) is 0 Å². The van der Waals surface area contributed by atoms with Gasteiger partial charge >= 0.3 is 0 Å². The van der Waals surface area contributed by atoms with Gasteiger partial charge in [-0.15, -0.1) is 0 Å². The Morgan fingerprint density at radius 3 is 2.90 bits per heavy atom. The zero-order valence-corrected chi connectivity index (χ0v) is 12.7. The maximum atomic E-state index is 4.67. The lowest BCUT2D eigenvalue weighted by atomic mass is 10.0. The van der Waals surface area contributed by atoms with Crippen LogP contribution >= 0.6 is 0 Å². The number of aromatic nitrogens is 2. The van der Waals surface area contributed by atoms with Gasteiger partial charge in [0.25, 0.3) is 0 Å². The van der Waals surface area contributed by atoms with Crippen molar-refractivity contribution < 1.29 is 0 Å². The van der Waals surface area contributed by atoms with E-state index >= 15 is 0 Å². The van der Waals surface area contributed by atoms with Gasteiger partial charge in [0.05, 0.1) is 0 Å². The second-order valence-electron chi connectivity index (χ2n) is 5.87. The molecule has 0 amide bonds. The number of benzene rings is 1. The standard InChI is InChI=1S/C17H22N4/c1-13-6-5-11-21(12-13)16-9-10-18-17(20-16)19-15-8-4-3-7-14(15)2/h3-4,7-10,13H,5-6,11-12H2,1-2H3,(H,18,19,20). The highest BCUT2D eigenvalue weighted by atomic mass is 15.2. The number of nitrogens with one attached hydrogen (secondary N) is 1. The van der Waals surface area contributed by atoms with E-state index in [1.165, 1.54) is 18.4 Å². The summed E-state index contributed by atoms with van der Waals surface area (Å²) in [5.74, 6) is 2.43. The normalized spacial score (nSPS) is 18.6. The van der Waals surface area contributed by atoms with Crippen molar-refractivity contribution in [2.75, 3.05) is 23.3 Å². The summed E-state index contributed by atoms with van der Waals surface area (Å²) in [6.07, 6.45) is 4.39. The molecule has 3 rings (SSSR count). The molecule has 4 nitrogen and oxygen atoms in total. The lowest BCUT2D eigenvalue weighted by molar-refractivity contribution is 0.444. The molecule has 0 spiro atoms. The third kappa shape index (κ3) is 3.32. The Morgan fingerprint density at radius 1 is 1.24 bits per heavy atom. The molecule has 1 fully saturated rings. The number of aryl methyl sites for hydroxylation is 1. The van der Waals surface area contributed by atoms with Gasteiger partial charge in [0.1, 0.15) is 5.82 Å². The van der Waals surface area contributed by atoms with Crippen LogP contribution in [-0.2, 0) is 0 Å². The third-order valence-electron chi connectivity index (χ3n) is 4.01. The highest BCUT2D eigenvalue weighted by Gasteiger charge is 2.17. The summed E-state index contributed by atoms with van der Waals surface area (Å²) >= 11 is 0. The molecule has 0 saturated carbocycles. The number of hydrogen-bond donors (Lipinski definition) is 1. The average molecular weight is 282 g/mol. The molecular formula is C17H22N4. The van der Waals surface area contributed by atoms with Crippen LogP contribution in [0.15, 0.2) is 36.5 Å². The van der Waals surface area contributed by atoms with Gasteiger partial charge < -0.3 is 10.2 Å². The van der Waals surface area contributed by atoms with Crippen molar-refractivity contribution in [2.24, 2.45) is 5.92 Å². The number of para-hydroxylation sites is 1. The summed E-state index contributed by atoms with van der Waals surface area (Å²) in [6.45, 7) is 6.56. The minimum Gasteiger partial charge on any atom is -0.356 e. The Labute approximate surface area is 126 Å². The summed E-state index contributed by atoms with van der Waals surface area (Å²) in [5.41, 5.74) is 2.25. The molecule has 0 bridgehead atoms. The first-order valence-corrected chi connectivity index (χ1v) is 7.63. The predicted molar refractivity (Wildman–Crippen MR) is 87.1 cm³/mol. The molecule has 1 N–H and O–H groups in total. The van der Waals surface area contributed by atoms with Crippen LogP contribution in [0.5, 0.6) is 0 Å². The van der Waals surface area contributed by atoms with Crippen molar-refractivity contribution in [1.82, 2.24) is 9.97 Å². The minimum absolute atomic E-state index is 0.667. The largest absolute Gasteiger partial charge is 0.356 e. The molecule has 110 valence electrons. The van der Waals surface area contributed by atoms with Crippen molar-refractivity contribution in [1.29, 1.82) is 0 Å². The van der Waals surface area contributed by atoms with Crippen LogP contribution < -0.4 is 10.2 Å². The van der Waals surface area contributed by atoms with Crippen molar-refractivity contribution in [3.05, 3.63) is 42.1 Å². The zero-order chi connectivity index (χ0) is 14.7. The quantitative estimate of drug-likeness (QED) is 0.930. The van der Waals surface area contributed by atoms with Gasteiger partial charge in [-0.25, -0.2) is 4.98 Å². The van der Waals surface area contributed by atoms with Crippen LogP contribution in [0, 0.1) is 12.8 Å².